The van der Waals surface area contributed by atoms with Crippen LogP contribution in [0.15, 0.2) is 12.1 Å². The number of urea groups is 1. The monoisotopic (exact) mass is 332 g/mol. The van der Waals surface area contributed by atoms with Gasteiger partial charge in [0.15, 0.2) is 0 Å². The topological polar surface area (TPSA) is 78.4 Å². The second kappa shape index (κ2) is 7.52. The van der Waals surface area contributed by atoms with Crippen LogP contribution in [0, 0.1) is 12.8 Å². The van der Waals surface area contributed by atoms with Gasteiger partial charge in [-0.25, -0.2) is 9.59 Å². The van der Waals surface area contributed by atoms with Gasteiger partial charge >= 0.3 is 12.0 Å². The lowest BCUT2D eigenvalue weighted by molar-refractivity contribution is -0.140. The first-order valence-corrected chi connectivity index (χ1v) is 7.27. The Kier molecular flexibility index (Phi) is 6.30. The Bertz CT molecular complexity index is 549. The molecule has 1 unspecified atom stereocenters. The van der Waals surface area contributed by atoms with E-state index >= 15 is 0 Å². The van der Waals surface area contributed by atoms with Crippen molar-refractivity contribution in [1.82, 2.24) is 5.32 Å². The predicted octanol–water partition coefficient (Wildman–Crippen LogP) is 3.92. The van der Waals surface area contributed by atoms with Gasteiger partial charge in [-0.3, -0.25) is 0 Å². The number of carbonyl (C=O) groups is 2. The lowest BCUT2D eigenvalue weighted by atomic mass is 9.99. The molecule has 1 aromatic carbocycles. The van der Waals surface area contributed by atoms with E-state index < -0.39 is 18.0 Å². The summed E-state index contributed by atoms with van der Waals surface area (Å²) in [6.45, 7) is 5.41. The summed E-state index contributed by atoms with van der Waals surface area (Å²) in [5, 5.41) is 14.9. The van der Waals surface area contributed by atoms with E-state index in [4.69, 9.17) is 28.3 Å². The summed E-state index contributed by atoms with van der Waals surface area (Å²) in [7, 11) is 0. The molecule has 0 bridgehead atoms. The Hall–Kier alpha value is -1.46. The van der Waals surface area contributed by atoms with Crippen molar-refractivity contribution in [3.05, 3.63) is 27.7 Å². The minimum absolute atomic E-state index is 0.190. The van der Waals surface area contributed by atoms with E-state index in [9.17, 15) is 9.59 Å². The molecule has 0 saturated carbocycles. The van der Waals surface area contributed by atoms with Gasteiger partial charge in [-0.2, -0.15) is 0 Å². The second-order valence-corrected chi connectivity index (χ2v) is 5.70. The van der Waals surface area contributed by atoms with Gasteiger partial charge in [0.05, 0.1) is 10.7 Å². The van der Waals surface area contributed by atoms with E-state index in [0.29, 0.717) is 22.2 Å². The molecular formula is C14H18Cl2N2O3. The zero-order valence-corrected chi connectivity index (χ0v) is 13.5. The SMILES string of the molecule is CCC(C)[C@H](NC(=O)Nc1cc(Cl)c(C)cc1Cl)C(=O)O. The third-order valence-electron chi connectivity index (χ3n) is 3.26. The number of rotatable bonds is 5. The molecule has 7 heteroatoms. The molecule has 2 atom stereocenters. The second-order valence-electron chi connectivity index (χ2n) is 4.88. The first-order valence-electron chi connectivity index (χ1n) is 6.52. The molecule has 0 aliphatic rings. The van der Waals surface area contributed by atoms with E-state index in [2.05, 4.69) is 10.6 Å². The molecule has 0 spiro atoms. The van der Waals surface area contributed by atoms with E-state index in [1.807, 2.05) is 6.92 Å². The van der Waals surface area contributed by atoms with Crippen LogP contribution in [-0.4, -0.2) is 23.1 Å². The number of anilines is 1. The highest BCUT2D eigenvalue weighted by Crippen LogP contribution is 2.28. The van der Waals surface area contributed by atoms with Gasteiger partial charge in [0.1, 0.15) is 6.04 Å². The largest absolute Gasteiger partial charge is 0.480 e. The molecule has 0 fully saturated rings. The first kappa shape index (κ1) is 17.6. The maximum absolute atomic E-state index is 11.9. The van der Waals surface area contributed by atoms with Gasteiger partial charge in [-0.1, -0.05) is 43.5 Å². The summed E-state index contributed by atoms with van der Waals surface area (Å²) >= 11 is 12.0. The van der Waals surface area contributed by atoms with Gasteiger partial charge in [0.2, 0.25) is 0 Å². The summed E-state index contributed by atoms with van der Waals surface area (Å²) in [6, 6.07) is 1.56. The van der Waals surface area contributed by atoms with Crippen LogP contribution < -0.4 is 10.6 Å². The number of carboxylic acid groups (broad SMARTS) is 1. The Morgan fingerprint density at radius 2 is 1.90 bits per heavy atom. The van der Waals surface area contributed by atoms with E-state index in [1.54, 1.807) is 19.9 Å². The number of halogens is 2. The van der Waals surface area contributed by atoms with E-state index in [-0.39, 0.29) is 5.92 Å². The lowest BCUT2D eigenvalue weighted by Gasteiger charge is -2.20. The Morgan fingerprint density at radius 3 is 2.43 bits per heavy atom. The van der Waals surface area contributed by atoms with Crippen LogP contribution in [0.1, 0.15) is 25.8 Å². The van der Waals surface area contributed by atoms with Gasteiger partial charge < -0.3 is 15.7 Å². The van der Waals surface area contributed by atoms with Gasteiger partial charge in [-0.05, 0) is 30.5 Å². The molecule has 1 rings (SSSR count). The summed E-state index contributed by atoms with van der Waals surface area (Å²) in [4.78, 5) is 23.1. The molecule has 0 radical (unpaired) electrons. The third kappa shape index (κ3) is 4.79. The van der Waals surface area contributed by atoms with Crippen LogP contribution in [0.3, 0.4) is 0 Å². The van der Waals surface area contributed by atoms with Crippen LogP contribution in [0.4, 0.5) is 10.5 Å². The number of hydrogen-bond acceptors (Lipinski definition) is 2. The molecule has 1 aromatic rings. The summed E-state index contributed by atoms with van der Waals surface area (Å²) in [5.41, 5.74) is 1.12. The average molecular weight is 333 g/mol. The zero-order chi connectivity index (χ0) is 16.2. The molecule has 0 heterocycles. The first-order chi connectivity index (χ1) is 9.76. The lowest BCUT2D eigenvalue weighted by Crippen LogP contribution is -2.46. The van der Waals surface area contributed by atoms with Crippen molar-refractivity contribution < 1.29 is 14.7 Å². The van der Waals surface area contributed by atoms with E-state index in [1.165, 1.54) is 6.07 Å². The van der Waals surface area contributed by atoms with Crippen LogP contribution in [0.5, 0.6) is 0 Å². The third-order valence-corrected chi connectivity index (χ3v) is 3.98. The minimum Gasteiger partial charge on any atom is -0.480 e. The van der Waals surface area contributed by atoms with Crippen LogP contribution in [0.2, 0.25) is 10.0 Å². The van der Waals surface area contributed by atoms with Gasteiger partial charge in [-0.15, -0.1) is 0 Å². The van der Waals surface area contributed by atoms with Gasteiger partial charge in [0, 0.05) is 5.02 Å². The number of nitrogens with one attached hydrogen (secondary N) is 2. The maximum atomic E-state index is 11.9. The number of aliphatic carboxylic acids is 1. The number of amides is 2. The molecule has 0 aliphatic carbocycles. The highest BCUT2D eigenvalue weighted by Gasteiger charge is 2.25. The average Bonchev–Trinajstić information content (AvgIpc) is 2.41. The van der Waals surface area contributed by atoms with Crippen molar-refractivity contribution in [2.45, 2.75) is 33.2 Å². The van der Waals surface area contributed by atoms with Crippen LogP contribution in [-0.2, 0) is 4.79 Å². The highest BCUT2D eigenvalue weighted by atomic mass is 35.5. The highest BCUT2D eigenvalue weighted by molar-refractivity contribution is 6.36. The number of carboxylic acids is 1. The zero-order valence-electron chi connectivity index (χ0n) is 12.0. The van der Waals surface area contributed by atoms with Crippen molar-refractivity contribution in [3.8, 4) is 0 Å². The molecule has 0 aromatic heterocycles. The smallest absolute Gasteiger partial charge is 0.326 e. The molecule has 0 saturated heterocycles. The van der Waals surface area contributed by atoms with E-state index in [0.717, 1.165) is 5.56 Å². The van der Waals surface area contributed by atoms with Crippen LogP contribution in [0.25, 0.3) is 0 Å². The Labute approximate surface area is 133 Å². The Morgan fingerprint density at radius 1 is 1.29 bits per heavy atom. The number of carbonyl (C=O) groups excluding carboxylic acids is 1. The molecule has 21 heavy (non-hydrogen) atoms. The molecule has 2 amide bonds. The fourth-order valence-corrected chi connectivity index (χ4v) is 2.15. The predicted molar refractivity (Wildman–Crippen MR) is 84.2 cm³/mol. The van der Waals surface area contributed by atoms with Crippen molar-refractivity contribution >= 4 is 40.9 Å². The number of aryl methyl sites for hydroxylation is 1. The fraction of sp³-hybridized carbons (Fsp3) is 0.429. The fourth-order valence-electron chi connectivity index (χ4n) is 1.72. The summed E-state index contributed by atoms with van der Waals surface area (Å²) < 4.78 is 0. The quantitative estimate of drug-likeness (QED) is 0.764. The molecule has 0 aliphatic heterocycles. The molecule has 116 valence electrons. The Balaban J connectivity index is 2.81. The van der Waals surface area contributed by atoms with Crippen molar-refractivity contribution in [1.29, 1.82) is 0 Å². The summed E-state index contributed by atoms with van der Waals surface area (Å²) in [6.07, 6.45) is 0.633. The molecule has 3 N–H and O–H groups in total. The van der Waals surface area contributed by atoms with Crippen molar-refractivity contribution in [2.24, 2.45) is 5.92 Å². The molecular weight excluding hydrogens is 315 g/mol. The molecule has 5 nitrogen and oxygen atoms in total. The summed E-state index contributed by atoms with van der Waals surface area (Å²) in [5.74, 6) is -1.27. The van der Waals surface area contributed by atoms with Crippen LogP contribution >= 0.6 is 23.2 Å². The van der Waals surface area contributed by atoms with Crippen molar-refractivity contribution in [2.75, 3.05) is 5.32 Å². The minimum atomic E-state index is -1.08. The number of hydrogen-bond donors (Lipinski definition) is 3. The van der Waals surface area contributed by atoms with Gasteiger partial charge in [0.25, 0.3) is 0 Å². The maximum Gasteiger partial charge on any atom is 0.326 e. The van der Waals surface area contributed by atoms with Crippen molar-refractivity contribution in [3.63, 3.8) is 0 Å². The normalized spacial score (nSPS) is 13.4. The standard InChI is InChI=1S/C14H18Cl2N2O3/c1-4-7(2)12(13(19)20)18-14(21)17-11-6-9(15)8(3)5-10(11)16/h5-7,12H,4H2,1-3H3,(H,19,20)(H2,17,18,21)/t7?,12-/m0/s1. The number of benzene rings is 1.